The van der Waals surface area contributed by atoms with Gasteiger partial charge in [0.1, 0.15) is 0 Å². The van der Waals surface area contributed by atoms with Crippen LogP contribution >= 0.6 is 15.9 Å². The van der Waals surface area contributed by atoms with Crippen molar-refractivity contribution in [1.82, 2.24) is 5.32 Å². The van der Waals surface area contributed by atoms with Gasteiger partial charge in [0.25, 0.3) is 0 Å². The molecule has 21 heavy (non-hydrogen) atoms. The summed E-state index contributed by atoms with van der Waals surface area (Å²) in [7, 11) is 0. The summed E-state index contributed by atoms with van der Waals surface area (Å²) in [5.74, 6) is 0.742. The van der Waals surface area contributed by atoms with E-state index in [1.807, 2.05) is 0 Å². The van der Waals surface area contributed by atoms with Crippen LogP contribution in [0.25, 0.3) is 0 Å². The molecular formula is C19H22BrN. The van der Waals surface area contributed by atoms with Gasteiger partial charge in [-0.3, -0.25) is 0 Å². The van der Waals surface area contributed by atoms with Crippen molar-refractivity contribution in [3.05, 3.63) is 70.2 Å². The van der Waals surface area contributed by atoms with E-state index in [-0.39, 0.29) is 0 Å². The van der Waals surface area contributed by atoms with Crippen molar-refractivity contribution in [3.63, 3.8) is 0 Å². The van der Waals surface area contributed by atoms with E-state index in [1.165, 1.54) is 24.0 Å². The summed E-state index contributed by atoms with van der Waals surface area (Å²) in [5.41, 5.74) is 2.89. The second-order valence-electron chi connectivity index (χ2n) is 5.95. The smallest absolute Gasteiger partial charge is 0.0320 e. The number of hydrogen-bond donors (Lipinski definition) is 1. The molecule has 3 rings (SSSR count). The molecule has 0 heterocycles. The maximum Gasteiger partial charge on any atom is 0.0320 e. The van der Waals surface area contributed by atoms with Crippen LogP contribution in [0.3, 0.4) is 0 Å². The largest absolute Gasteiger partial charge is 0.307 e. The molecule has 0 aliphatic heterocycles. The molecule has 0 saturated heterocycles. The summed E-state index contributed by atoms with van der Waals surface area (Å²) < 4.78 is 1.15. The normalized spacial score (nSPS) is 22.6. The lowest BCUT2D eigenvalue weighted by Gasteiger charge is -2.39. The highest BCUT2D eigenvalue weighted by molar-refractivity contribution is 9.10. The van der Waals surface area contributed by atoms with Crippen molar-refractivity contribution in [3.8, 4) is 0 Å². The fourth-order valence-corrected chi connectivity index (χ4v) is 3.45. The Balaban J connectivity index is 1.56. The number of rotatable bonds is 5. The van der Waals surface area contributed by atoms with Crippen LogP contribution in [0.2, 0.25) is 0 Å². The van der Waals surface area contributed by atoms with Crippen LogP contribution in [0, 0.1) is 0 Å². The SMILES string of the molecule is CCC(NC1CC(c2ccccc2)C1)c1ccc(Br)cc1. The summed E-state index contributed by atoms with van der Waals surface area (Å²) >= 11 is 3.51. The molecule has 0 amide bonds. The molecule has 1 atom stereocenters. The summed E-state index contributed by atoms with van der Waals surface area (Å²) in [4.78, 5) is 0. The molecule has 1 nitrogen and oxygen atoms in total. The van der Waals surface area contributed by atoms with Crippen LogP contribution in [0.15, 0.2) is 59.1 Å². The zero-order chi connectivity index (χ0) is 14.7. The van der Waals surface area contributed by atoms with E-state index >= 15 is 0 Å². The molecule has 1 aliphatic rings. The minimum Gasteiger partial charge on any atom is -0.307 e. The van der Waals surface area contributed by atoms with Crippen molar-refractivity contribution in [2.75, 3.05) is 0 Å². The van der Waals surface area contributed by atoms with Gasteiger partial charge in [0.2, 0.25) is 0 Å². The van der Waals surface area contributed by atoms with Gasteiger partial charge in [-0.1, -0.05) is 65.3 Å². The highest BCUT2D eigenvalue weighted by Crippen LogP contribution is 2.38. The number of nitrogens with one attached hydrogen (secondary N) is 1. The molecule has 0 spiro atoms. The number of hydrogen-bond acceptors (Lipinski definition) is 1. The maximum atomic E-state index is 3.82. The van der Waals surface area contributed by atoms with Gasteiger partial charge in [0.05, 0.1) is 0 Å². The van der Waals surface area contributed by atoms with E-state index in [2.05, 4.69) is 82.8 Å². The third-order valence-corrected chi connectivity index (χ3v) is 5.06. The highest BCUT2D eigenvalue weighted by Gasteiger charge is 2.31. The van der Waals surface area contributed by atoms with Crippen LogP contribution in [0.1, 0.15) is 49.3 Å². The Morgan fingerprint density at radius 3 is 2.33 bits per heavy atom. The highest BCUT2D eigenvalue weighted by atomic mass is 79.9. The molecule has 1 saturated carbocycles. The van der Waals surface area contributed by atoms with Crippen LogP contribution in [-0.2, 0) is 0 Å². The first-order chi connectivity index (χ1) is 10.3. The van der Waals surface area contributed by atoms with Crippen LogP contribution < -0.4 is 5.32 Å². The minimum absolute atomic E-state index is 0.472. The maximum absolute atomic E-state index is 3.82. The van der Waals surface area contributed by atoms with Gasteiger partial charge in [-0.05, 0) is 48.4 Å². The van der Waals surface area contributed by atoms with Crippen molar-refractivity contribution in [2.45, 2.75) is 44.2 Å². The Bertz CT molecular complexity index is 558. The summed E-state index contributed by atoms with van der Waals surface area (Å²) in [5, 5.41) is 3.82. The lowest BCUT2D eigenvalue weighted by Crippen LogP contribution is -2.41. The van der Waals surface area contributed by atoms with Crippen molar-refractivity contribution >= 4 is 15.9 Å². The van der Waals surface area contributed by atoms with Gasteiger partial charge in [0.15, 0.2) is 0 Å². The molecule has 1 N–H and O–H groups in total. The fourth-order valence-electron chi connectivity index (χ4n) is 3.18. The first kappa shape index (κ1) is 14.8. The first-order valence-electron chi connectivity index (χ1n) is 7.82. The first-order valence-corrected chi connectivity index (χ1v) is 8.62. The van der Waals surface area contributed by atoms with Gasteiger partial charge < -0.3 is 5.32 Å². The minimum atomic E-state index is 0.472. The lowest BCUT2D eigenvalue weighted by atomic mass is 9.75. The summed E-state index contributed by atoms with van der Waals surface area (Å²) in [6.45, 7) is 2.26. The van der Waals surface area contributed by atoms with Crippen molar-refractivity contribution < 1.29 is 0 Å². The fraction of sp³-hybridized carbons (Fsp3) is 0.368. The summed E-state index contributed by atoms with van der Waals surface area (Å²) in [6.07, 6.45) is 3.65. The number of benzene rings is 2. The lowest BCUT2D eigenvalue weighted by molar-refractivity contribution is 0.262. The van der Waals surface area contributed by atoms with Crippen molar-refractivity contribution in [1.29, 1.82) is 0 Å². The predicted molar refractivity (Wildman–Crippen MR) is 92.5 cm³/mol. The van der Waals surface area contributed by atoms with E-state index < -0.39 is 0 Å². The molecule has 1 aliphatic carbocycles. The van der Waals surface area contributed by atoms with Gasteiger partial charge in [0, 0.05) is 16.6 Å². The Morgan fingerprint density at radius 2 is 1.71 bits per heavy atom. The molecular weight excluding hydrogens is 322 g/mol. The molecule has 2 aromatic carbocycles. The Morgan fingerprint density at radius 1 is 1.05 bits per heavy atom. The third-order valence-electron chi connectivity index (χ3n) is 4.53. The molecule has 0 bridgehead atoms. The van der Waals surface area contributed by atoms with E-state index in [4.69, 9.17) is 0 Å². The monoisotopic (exact) mass is 343 g/mol. The zero-order valence-electron chi connectivity index (χ0n) is 12.4. The van der Waals surface area contributed by atoms with Gasteiger partial charge in [-0.25, -0.2) is 0 Å². The van der Waals surface area contributed by atoms with Crippen LogP contribution in [0.4, 0.5) is 0 Å². The molecule has 2 heteroatoms. The Kier molecular flexibility index (Phi) is 4.77. The van der Waals surface area contributed by atoms with Gasteiger partial charge in [-0.2, -0.15) is 0 Å². The molecule has 0 radical (unpaired) electrons. The number of halogens is 1. The molecule has 1 unspecified atom stereocenters. The second kappa shape index (κ2) is 6.76. The molecule has 2 aromatic rings. The molecule has 0 aromatic heterocycles. The summed E-state index contributed by atoms with van der Waals surface area (Å²) in [6, 6.07) is 20.7. The quantitative estimate of drug-likeness (QED) is 0.762. The van der Waals surface area contributed by atoms with E-state index in [0.717, 1.165) is 16.8 Å². The van der Waals surface area contributed by atoms with E-state index in [9.17, 15) is 0 Å². The predicted octanol–water partition coefficient (Wildman–Crippen LogP) is 5.44. The van der Waals surface area contributed by atoms with Crippen LogP contribution in [0.5, 0.6) is 0 Å². The Hall–Kier alpha value is -1.12. The average molecular weight is 344 g/mol. The third kappa shape index (κ3) is 3.56. The Labute approximate surface area is 135 Å². The van der Waals surface area contributed by atoms with Gasteiger partial charge >= 0.3 is 0 Å². The van der Waals surface area contributed by atoms with Crippen molar-refractivity contribution in [2.24, 2.45) is 0 Å². The van der Waals surface area contributed by atoms with Crippen LogP contribution in [-0.4, -0.2) is 6.04 Å². The van der Waals surface area contributed by atoms with Gasteiger partial charge in [-0.15, -0.1) is 0 Å². The van der Waals surface area contributed by atoms with E-state index in [1.54, 1.807) is 0 Å². The average Bonchev–Trinajstić information content (AvgIpc) is 2.48. The second-order valence-corrected chi connectivity index (χ2v) is 6.87. The van der Waals surface area contributed by atoms with E-state index in [0.29, 0.717) is 12.1 Å². The topological polar surface area (TPSA) is 12.0 Å². The standard InChI is InChI=1S/C19H22BrN/c1-2-19(15-8-10-17(20)11-9-15)21-18-12-16(13-18)14-6-4-3-5-7-14/h3-11,16,18-19,21H,2,12-13H2,1H3. The molecule has 110 valence electrons. The molecule has 1 fully saturated rings. The zero-order valence-corrected chi connectivity index (χ0v) is 14.0.